The molecule has 0 aromatic heterocycles. The summed E-state index contributed by atoms with van der Waals surface area (Å²) >= 11 is 5.88. The van der Waals surface area contributed by atoms with Crippen molar-refractivity contribution in [3.05, 3.63) is 47.0 Å². The van der Waals surface area contributed by atoms with Gasteiger partial charge >= 0.3 is 0 Å². The number of ether oxygens (including phenoxy) is 2. The van der Waals surface area contributed by atoms with Crippen LogP contribution < -0.4 is 15.2 Å². The monoisotopic (exact) mass is 313 g/mol. The van der Waals surface area contributed by atoms with Crippen LogP contribution in [0, 0.1) is 11.6 Å². The lowest BCUT2D eigenvalue weighted by molar-refractivity contribution is 0.299. The minimum atomic E-state index is -0.571. The van der Waals surface area contributed by atoms with Gasteiger partial charge in [0, 0.05) is 12.1 Å². The fourth-order valence-electron chi connectivity index (χ4n) is 1.64. The van der Waals surface area contributed by atoms with Gasteiger partial charge < -0.3 is 15.2 Å². The van der Waals surface area contributed by atoms with Crippen LogP contribution in [0.2, 0.25) is 5.02 Å². The fraction of sp³-hybridized carbons (Fsp3) is 0.200. The highest BCUT2D eigenvalue weighted by Crippen LogP contribution is 2.36. The summed E-state index contributed by atoms with van der Waals surface area (Å²) in [7, 11) is 0. The topological polar surface area (TPSA) is 44.5 Å². The van der Waals surface area contributed by atoms with E-state index in [4.69, 9.17) is 26.8 Å². The van der Waals surface area contributed by atoms with E-state index < -0.39 is 11.6 Å². The Morgan fingerprint density at radius 2 is 1.86 bits per heavy atom. The van der Waals surface area contributed by atoms with Gasteiger partial charge in [-0.1, -0.05) is 18.5 Å². The number of nitrogen functional groups attached to an aromatic ring is 1. The number of benzene rings is 2. The second-order valence-electron chi connectivity index (χ2n) is 4.35. The zero-order chi connectivity index (χ0) is 15.4. The minimum absolute atomic E-state index is 0.0410. The predicted octanol–water partition coefficient (Wildman–Crippen LogP) is 4.78. The van der Waals surface area contributed by atoms with Gasteiger partial charge in [-0.25, -0.2) is 8.78 Å². The molecule has 0 radical (unpaired) electrons. The highest BCUT2D eigenvalue weighted by atomic mass is 35.5. The van der Waals surface area contributed by atoms with E-state index in [9.17, 15) is 8.78 Å². The number of anilines is 1. The van der Waals surface area contributed by atoms with Gasteiger partial charge in [-0.15, -0.1) is 0 Å². The molecule has 0 saturated carbocycles. The van der Waals surface area contributed by atoms with E-state index in [0.717, 1.165) is 18.6 Å². The number of halogens is 3. The van der Waals surface area contributed by atoms with Crippen LogP contribution in [0.4, 0.5) is 14.5 Å². The van der Waals surface area contributed by atoms with Crippen LogP contribution >= 0.6 is 11.6 Å². The molecule has 0 bridgehead atoms. The van der Waals surface area contributed by atoms with Gasteiger partial charge in [-0.05, 0) is 24.6 Å². The van der Waals surface area contributed by atoms with Gasteiger partial charge in [0.25, 0.3) is 0 Å². The van der Waals surface area contributed by atoms with Crippen molar-refractivity contribution in [2.75, 3.05) is 12.3 Å². The zero-order valence-corrected chi connectivity index (χ0v) is 12.1. The van der Waals surface area contributed by atoms with E-state index in [1.165, 1.54) is 18.2 Å². The Bertz CT molecular complexity index is 650. The maximum atomic E-state index is 13.7. The molecule has 2 N–H and O–H groups in total. The molecule has 0 amide bonds. The standard InChI is InChI=1S/C15H14ClF2NO2/c1-2-5-20-14-8-15(12(19)7-11(14)18)21-13-4-3-9(17)6-10(13)16/h3-4,6-8H,2,5,19H2,1H3. The quantitative estimate of drug-likeness (QED) is 0.808. The molecule has 6 heteroatoms. The van der Waals surface area contributed by atoms with Crippen molar-refractivity contribution in [1.82, 2.24) is 0 Å². The molecule has 2 aromatic rings. The predicted molar refractivity (Wildman–Crippen MR) is 78.1 cm³/mol. The Morgan fingerprint density at radius 1 is 1.10 bits per heavy atom. The van der Waals surface area contributed by atoms with Gasteiger partial charge in [-0.3, -0.25) is 0 Å². The largest absolute Gasteiger partial charge is 0.490 e. The van der Waals surface area contributed by atoms with Crippen LogP contribution in [0.15, 0.2) is 30.3 Å². The molecule has 0 saturated heterocycles. The van der Waals surface area contributed by atoms with E-state index in [1.807, 2.05) is 6.92 Å². The third-order valence-electron chi connectivity index (χ3n) is 2.64. The SMILES string of the molecule is CCCOc1cc(Oc2ccc(F)cc2Cl)c(N)cc1F. The van der Waals surface area contributed by atoms with E-state index in [1.54, 1.807) is 0 Å². The van der Waals surface area contributed by atoms with Crippen molar-refractivity contribution in [3.63, 3.8) is 0 Å². The van der Waals surface area contributed by atoms with Gasteiger partial charge in [0.1, 0.15) is 11.6 Å². The van der Waals surface area contributed by atoms with Crippen LogP contribution in [-0.4, -0.2) is 6.61 Å². The average Bonchev–Trinajstić information content (AvgIpc) is 2.43. The summed E-state index contributed by atoms with van der Waals surface area (Å²) in [5.41, 5.74) is 5.80. The third-order valence-corrected chi connectivity index (χ3v) is 2.94. The first-order chi connectivity index (χ1) is 10.0. The highest BCUT2D eigenvalue weighted by molar-refractivity contribution is 6.32. The van der Waals surface area contributed by atoms with E-state index >= 15 is 0 Å². The van der Waals surface area contributed by atoms with Gasteiger partial charge in [0.2, 0.25) is 0 Å². The lowest BCUT2D eigenvalue weighted by atomic mass is 10.2. The summed E-state index contributed by atoms with van der Waals surface area (Å²) < 4.78 is 37.4. The minimum Gasteiger partial charge on any atom is -0.490 e. The molecule has 0 aliphatic heterocycles. The molecule has 2 rings (SSSR count). The summed E-state index contributed by atoms with van der Waals surface area (Å²) in [4.78, 5) is 0. The number of rotatable bonds is 5. The van der Waals surface area contributed by atoms with Crippen molar-refractivity contribution in [1.29, 1.82) is 0 Å². The van der Waals surface area contributed by atoms with Crippen molar-refractivity contribution >= 4 is 17.3 Å². The van der Waals surface area contributed by atoms with Crippen LogP contribution in [0.1, 0.15) is 13.3 Å². The van der Waals surface area contributed by atoms with Crippen LogP contribution in [0.25, 0.3) is 0 Å². The number of hydrogen-bond donors (Lipinski definition) is 1. The molecule has 2 aromatic carbocycles. The second kappa shape index (κ2) is 6.63. The molecule has 0 unspecified atom stereocenters. The van der Waals surface area contributed by atoms with E-state index in [0.29, 0.717) is 6.61 Å². The number of nitrogens with two attached hydrogens (primary N) is 1. The van der Waals surface area contributed by atoms with Gasteiger partial charge in [0.05, 0.1) is 17.3 Å². The van der Waals surface area contributed by atoms with Gasteiger partial charge in [-0.2, -0.15) is 0 Å². The molecule has 3 nitrogen and oxygen atoms in total. The molecule has 0 spiro atoms. The Kier molecular flexibility index (Phi) is 4.85. The summed E-state index contributed by atoms with van der Waals surface area (Å²) in [6.07, 6.45) is 0.740. The lowest BCUT2D eigenvalue weighted by Crippen LogP contribution is -2.00. The van der Waals surface area contributed by atoms with Gasteiger partial charge in [0.15, 0.2) is 17.3 Å². The third kappa shape index (κ3) is 3.76. The summed E-state index contributed by atoms with van der Waals surface area (Å²) in [6.45, 7) is 2.28. The first-order valence-electron chi connectivity index (χ1n) is 6.36. The Balaban J connectivity index is 2.30. The molecule has 0 heterocycles. The van der Waals surface area contributed by atoms with Crippen molar-refractivity contribution in [2.45, 2.75) is 13.3 Å². The normalized spacial score (nSPS) is 10.5. The Labute approximate surface area is 126 Å². The summed E-state index contributed by atoms with van der Waals surface area (Å²) in [6, 6.07) is 6.14. The molecular formula is C15H14ClF2NO2. The lowest BCUT2D eigenvalue weighted by Gasteiger charge is -2.13. The van der Waals surface area contributed by atoms with Crippen molar-refractivity contribution in [2.24, 2.45) is 0 Å². The maximum absolute atomic E-state index is 13.7. The molecule has 0 aliphatic rings. The molecule has 0 fully saturated rings. The molecule has 0 atom stereocenters. The second-order valence-corrected chi connectivity index (χ2v) is 4.75. The summed E-state index contributed by atoms with van der Waals surface area (Å²) in [5.74, 6) is -0.599. The molecule has 21 heavy (non-hydrogen) atoms. The van der Waals surface area contributed by atoms with Crippen LogP contribution in [-0.2, 0) is 0 Å². The average molecular weight is 314 g/mol. The molecule has 0 aliphatic carbocycles. The fourth-order valence-corrected chi connectivity index (χ4v) is 1.84. The van der Waals surface area contributed by atoms with Crippen molar-refractivity contribution in [3.8, 4) is 17.2 Å². The molecular weight excluding hydrogens is 300 g/mol. The zero-order valence-electron chi connectivity index (χ0n) is 11.3. The smallest absolute Gasteiger partial charge is 0.167 e. The first kappa shape index (κ1) is 15.4. The van der Waals surface area contributed by atoms with Crippen LogP contribution in [0.3, 0.4) is 0 Å². The van der Waals surface area contributed by atoms with Crippen molar-refractivity contribution < 1.29 is 18.3 Å². The molecule has 112 valence electrons. The van der Waals surface area contributed by atoms with E-state index in [-0.39, 0.29) is 28.0 Å². The van der Waals surface area contributed by atoms with E-state index in [2.05, 4.69) is 0 Å². The highest BCUT2D eigenvalue weighted by Gasteiger charge is 2.12. The first-order valence-corrected chi connectivity index (χ1v) is 6.73. The number of hydrogen-bond acceptors (Lipinski definition) is 3. The Hall–Kier alpha value is -2.01. The Morgan fingerprint density at radius 3 is 2.52 bits per heavy atom. The van der Waals surface area contributed by atoms with Crippen LogP contribution in [0.5, 0.6) is 17.2 Å². The maximum Gasteiger partial charge on any atom is 0.167 e. The summed E-state index contributed by atoms with van der Waals surface area (Å²) in [5, 5.41) is 0.0924.